The molecule has 1 unspecified atom stereocenters. The van der Waals surface area contributed by atoms with Crippen LogP contribution in [-0.2, 0) is 9.59 Å². The van der Waals surface area contributed by atoms with E-state index in [1.54, 1.807) is 24.3 Å². The lowest BCUT2D eigenvalue weighted by molar-refractivity contribution is -0.120. The normalized spacial score (nSPS) is 16.6. The Morgan fingerprint density at radius 1 is 1.17 bits per heavy atom. The number of carbonyl (C=O) groups excluding carboxylic acids is 2. The second-order valence-electron chi connectivity index (χ2n) is 6.11. The zero-order valence-corrected chi connectivity index (χ0v) is 13.3. The molecule has 2 amide bonds. The molecule has 6 nitrogen and oxygen atoms in total. The molecule has 6 heteroatoms. The van der Waals surface area contributed by atoms with E-state index in [-0.39, 0.29) is 12.5 Å². The van der Waals surface area contributed by atoms with Crippen LogP contribution in [0.5, 0.6) is 5.75 Å². The highest BCUT2D eigenvalue weighted by atomic mass is 16.5. The van der Waals surface area contributed by atoms with Crippen molar-refractivity contribution in [1.82, 2.24) is 0 Å². The Bertz CT molecular complexity index is 524. The molecule has 2 rings (SSSR count). The molecule has 1 saturated carbocycles. The molecule has 1 aromatic carbocycles. The molecule has 0 spiro atoms. The lowest BCUT2D eigenvalue weighted by atomic mass is 9.85. The zero-order chi connectivity index (χ0) is 16.7. The van der Waals surface area contributed by atoms with Gasteiger partial charge in [0.1, 0.15) is 5.75 Å². The van der Waals surface area contributed by atoms with E-state index in [9.17, 15) is 9.59 Å². The van der Waals surface area contributed by atoms with Gasteiger partial charge < -0.3 is 21.5 Å². The van der Waals surface area contributed by atoms with E-state index in [1.165, 1.54) is 32.1 Å². The summed E-state index contributed by atoms with van der Waals surface area (Å²) in [6.07, 6.45) is 6.87. The Kier molecular flexibility index (Phi) is 6.40. The fraction of sp³-hybridized carbons (Fsp3) is 0.529. The van der Waals surface area contributed by atoms with Gasteiger partial charge in [0, 0.05) is 5.69 Å². The summed E-state index contributed by atoms with van der Waals surface area (Å²) in [7, 11) is 0. The van der Waals surface area contributed by atoms with Crippen molar-refractivity contribution in [2.24, 2.45) is 17.4 Å². The van der Waals surface area contributed by atoms with Crippen molar-refractivity contribution in [3.8, 4) is 5.75 Å². The first-order chi connectivity index (χ1) is 11.0. The van der Waals surface area contributed by atoms with Crippen LogP contribution in [0.1, 0.15) is 38.5 Å². The van der Waals surface area contributed by atoms with Crippen LogP contribution in [0.15, 0.2) is 24.3 Å². The summed E-state index contributed by atoms with van der Waals surface area (Å²) in [5, 5.41) is 2.81. The fourth-order valence-electron chi connectivity index (χ4n) is 2.91. The highest BCUT2D eigenvalue weighted by Crippen LogP contribution is 2.27. The minimum absolute atomic E-state index is 0.165. The number of anilines is 1. The van der Waals surface area contributed by atoms with Crippen molar-refractivity contribution < 1.29 is 14.3 Å². The van der Waals surface area contributed by atoms with Gasteiger partial charge >= 0.3 is 0 Å². The lowest BCUT2D eigenvalue weighted by Crippen LogP contribution is -2.37. The molecule has 1 fully saturated rings. The second kappa shape index (κ2) is 8.53. The number of nitrogens with two attached hydrogens (primary N) is 2. The minimum atomic E-state index is -0.531. The molecular formula is C17H25N3O3. The van der Waals surface area contributed by atoms with Crippen molar-refractivity contribution in [3.05, 3.63) is 24.3 Å². The third-order valence-electron chi connectivity index (χ3n) is 4.15. The fourth-order valence-corrected chi connectivity index (χ4v) is 2.91. The number of amides is 2. The highest BCUT2D eigenvalue weighted by molar-refractivity contribution is 5.94. The molecular weight excluding hydrogens is 294 g/mol. The van der Waals surface area contributed by atoms with Crippen molar-refractivity contribution in [2.75, 3.05) is 11.9 Å². The average Bonchev–Trinajstić information content (AvgIpc) is 2.55. The Morgan fingerprint density at radius 2 is 1.83 bits per heavy atom. The second-order valence-corrected chi connectivity index (χ2v) is 6.11. The predicted octanol–water partition coefficient (Wildman–Crippen LogP) is 1.79. The Balaban J connectivity index is 1.80. The van der Waals surface area contributed by atoms with Gasteiger partial charge in [-0.25, -0.2) is 0 Å². The molecule has 0 saturated heterocycles. The third kappa shape index (κ3) is 5.90. The number of carbonyl (C=O) groups is 2. The van der Waals surface area contributed by atoms with E-state index in [2.05, 4.69) is 5.32 Å². The molecule has 1 atom stereocenters. The van der Waals surface area contributed by atoms with Gasteiger partial charge in [0.05, 0.1) is 6.04 Å². The molecule has 1 aliphatic rings. The monoisotopic (exact) mass is 319 g/mol. The maximum atomic E-state index is 12.2. The quantitative estimate of drug-likeness (QED) is 0.712. The van der Waals surface area contributed by atoms with Crippen molar-refractivity contribution >= 4 is 17.5 Å². The Morgan fingerprint density at radius 3 is 2.43 bits per heavy atom. The van der Waals surface area contributed by atoms with Crippen molar-refractivity contribution in [2.45, 2.75) is 44.6 Å². The number of hydrogen-bond acceptors (Lipinski definition) is 4. The smallest absolute Gasteiger partial charge is 0.255 e. The van der Waals surface area contributed by atoms with E-state index in [4.69, 9.17) is 16.2 Å². The first-order valence-electron chi connectivity index (χ1n) is 8.12. The van der Waals surface area contributed by atoms with Crippen LogP contribution >= 0.6 is 0 Å². The molecule has 0 heterocycles. The summed E-state index contributed by atoms with van der Waals surface area (Å²) >= 11 is 0. The van der Waals surface area contributed by atoms with E-state index in [0.717, 1.165) is 6.42 Å². The largest absolute Gasteiger partial charge is 0.484 e. The van der Waals surface area contributed by atoms with Crippen LogP contribution in [0.2, 0.25) is 0 Å². The Labute approximate surface area is 136 Å². The summed E-state index contributed by atoms with van der Waals surface area (Å²) in [6, 6.07) is 6.28. The summed E-state index contributed by atoms with van der Waals surface area (Å²) in [6.45, 7) is -0.169. The average molecular weight is 319 g/mol. The van der Waals surface area contributed by atoms with Crippen LogP contribution in [0.4, 0.5) is 5.69 Å². The molecule has 23 heavy (non-hydrogen) atoms. The molecule has 0 bridgehead atoms. The van der Waals surface area contributed by atoms with Gasteiger partial charge in [-0.3, -0.25) is 9.59 Å². The molecule has 126 valence electrons. The lowest BCUT2D eigenvalue weighted by Gasteiger charge is -2.24. The molecule has 1 aliphatic carbocycles. The van der Waals surface area contributed by atoms with Gasteiger partial charge in [0.2, 0.25) is 5.91 Å². The van der Waals surface area contributed by atoms with Gasteiger partial charge in [-0.15, -0.1) is 0 Å². The zero-order valence-electron chi connectivity index (χ0n) is 13.3. The SMILES string of the molecule is NC(=O)COc1ccc(NC(=O)C(N)CC2CCCCC2)cc1. The van der Waals surface area contributed by atoms with Crippen LogP contribution in [-0.4, -0.2) is 24.5 Å². The van der Waals surface area contributed by atoms with E-state index in [1.807, 2.05) is 0 Å². The van der Waals surface area contributed by atoms with Crippen LogP contribution < -0.4 is 21.5 Å². The van der Waals surface area contributed by atoms with Gasteiger partial charge in [-0.1, -0.05) is 32.1 Å². The Hall–Kier alpha value is -2.08. The summed E-state index contributed by atoms with van der Waals surface area (Å²) in [5.74, 6) is 0.389. The van der Waals surface area contributed by atoms with Crippen LogP contribution in [0.25, 0.3) is 0 Å². The summed E-state index contributed by atoms with van der Waals surface area (Å²) in [5.41, 5.74) is 11.7. The molecule has 1 aromatic rings. The number of rotatable bonds is 7. The van der Waals surface area contributed by atoms with Gasteiger partial charge in [0.25, 0.3) is 5.91 Å². The predicted molar refractivity (Wildman–Crippen MR) is 88.9 cm³/mol. The van der Waals surface area contributed by atoms with Crippen LogP contribution in [0, 0.1) is 5.92 Å². The minimum Gasteiger partial charge on any atom is -0.484 e. The molecule has 0 radical (unpaired) electrons. The first kappa shape index (κ1) is 17.3. The van der Waals surface area contributed by atoms with Gasteiger partial charge in [-0.05, 0) is 36.6 Å². The number of benzene rings is 1. The van der Waals surface area contributed by atoms with Gasteiger partial charge in [-0.2, -0.15) is 0 Å². The van der Waals surface area contributed by atoms with E-state index < -0.39 is 11.9 Å². The van der Waals surface area contributed by atoms with Gasteiger partial charge in [0.15, 0.2) is 6.61 Å². The molecule has 5 N–H and O–H groups in total. The maximum absolute atomic E-state index is 12.2. The number of hydrogen-bond donors (Lipinski definition) is 3. The van der Waals surface area contributed by atoms with E-state index >= 15 is 0 Å². The standard InChI is InChI=1S/C17H25N3O3/c18-15(10-12-4-2-1-3-5-12)17(22)20-13-6-8-14(9-7-13)23-11-16(19)21/h6-9,12,15H,1-5,10-11,18H2,(H2,19,21)(H,20,22). The van der Waals surface area contributed by atoms with E-state index in [0.29, 0.717) is 17.4 Å². The number of nitrogens with one attached hydrogen (secondary N) is 1. The topological polar surface area (TPSA) is 107 Å². The maximum Gasteiger partial charge on any atom is 0.255 e. The highest BCUT2D eigenvalue weighted by Gasteiger charge is 2.21. The molecule has 0 aromatic heterocycles. The van der Waals surface area contributed by atoms with Crippen molar-refractivity contribution in [1.29, 1.82) is 0 Å². The number of ether oxygens (including phenoxy) is 1. The first-order valence-corrected chi connectivity index (χ1v) is 8.12. The van der Waals surface area contributed by atoms with Crippen molar-refractivity contribution in [3.63, 3.8) is 0 Å². The number of primary amides is 1. The summed E-state index contributed by atoms with van der Waals surface area (Å²) in [4.78, 5) is 22.8. The third-order valence-corrected chi connectivity index (χ3v) is 4.15. The van der Waals surface area contributed by atoms with Crippen LogP contribution in [0.3, 0.4) is 0 Å². The molecule has 0 aliphatic heterocycles. The summed E-state index contributed by atoms with van der Waals surface area (Å²) < 4.78 is 5.16.